The minimum absolute atomic E-state index is 0.00809. The number of halogens is 2. The molecular formula is C24H35ClFN5O. The topological polar surface area (TPSA) is 44.6 Å². The molecule has 3 rings (SSSR count). The number of aryl methyl sites for hydroxylation is 1. The fraction of sp³-hybridized carbons (Fsp3) is 0.583. The Morgan fingerprint density at radius 2 is 1.81 bits per heavy atom. The van der Waals surface area contributed by atoms with Crippen LogP contribution in [0.25, 0.3) is 5.69 Å². The lowest BCUT2D eigenvalue weighted by atomic mass is 10.1. The van der Waals surface area contributed by atoms with Gasteiger partial charge in [0.1, 0.15) is 17.0 Å². The summed E-state index contributed by atoms with van der Waals surface area (Å²) in [4.78, 5) is 19.4. The zero-order valence-electron chi connectivity index (χ0n) is 20.0. The fourth-order valence-corrected chi connectivity index (χ4v) is 4.33. The maximum Gasteiger partial charge on any atom is 0.240 e. The van der Waals surface area contributed by atoms with Crippen molar-refractivity contribution >= 4 is 23.3 Å². The maximum atomic E-state index is 14.1. The standard InChI is InChI=1S/C24H35ClFN5O/c1-16(2)28-10-12-29(13-11-28)23-22(15-30(17(3)4)24(32)18(5)25)19(6)27-31(23)21-9-7-8-20(26)14-21/h7-9,14,16-18H,10-13,15H2,1-6H3. The number of benzene rings is 1. The van der Waals surface area contributed by atoms with Gasteiger partial charge in [-0.3, -0.25) is 9.69 Å². The van der Waals surface area contributed by atoms with Crippen LogP contribution in [0.15, 0.2) is 24.3 Å². The molecule has 1 aromatic carbocycles. The van der Waals surface area contributed by atoms with E-state index in [2.05, 4.69) is 23.6 Å². The minimum atomic E-state index is -0.603. The van der Waals surface area contributed by atoms with Crippen LogP contribution in [-0.4, -0.2) is 69.1 Å². The largest absolute Gasteiger partial charge is 0.354 e. The van der Waals surface area contributed by atoms with Crippen LogP contribution in [0.4, 0.5) is 10.2 Å². The molecule has 1 aliphatic heterocycles. The van der Waals surface area contributed by atoms with Gasteiger partial charge >= 0.3 is 0 Å². The van der Waals surface area contributed by atoms with Crippen molar-refractivity contribution in [1.29, 1.82) is 0 Å². The highest BCUT2D eigenvalue weighted by Crippen LogP contribution is 2.31. The highest BCUT2D eigenvalue weighted by atomic mass is 35.5. The van der Waals surface area contributed by atoms with Crippen molar-refractivity contribution in [3.8, 4) is 5.69 Å². The van der Waals surface area contributed by atoms with E-state index < -0.39 is 5.38 Å². The predicted molar refractivity (Wildman–Crippen MR) is 128 cm³/mol. The quantitative estimate of drug-likeness (QED) is 0.577. The van der Waals surface area contributed by atoms with Crippen LogP contribution in [0.3, 0.4) is 0 Å². The Bertz CT molecular complexity index is 934. The summed E-state index contributed by atoms with van der Waals surface area (Å²) in [5.41, 5.74) is 2.48. The van der Waals surface area contributed by atoms with Crippen LogP contribution in [0, 0.1) is 12.7 Å². The minimum Gasteiger partial charge on any atom is -0.354 e. The Balaban J connectivity index is 2.06. The van der Waals surface area contributed by atoms with E-state index in [1.165, 1.54) is 12.1 Å². The molecule has 0 radical (unpaired) electrons. The SMILES string of the molecule is Cc1nn(-c2cccc(F)c2)c(N2CCN(C(C)C)CC2)c1CN(C(=O)C(C)Cl)C(C)C. The van der Waals surface area contributed by atoms with Crippen LogP contribution in [-0.2, 0) is 11.3 Å². The van der Waals surface area contributed by atoms with Crippen molar-refractivity contribution in [1.82, 2.24) is 19.6 Å². The van der Waals surface area contributed by atoms with Gasteiger partial charge in [0, 0.05) is 43.8 Å². The van der Waals surface area contributed by atoms with Gasteiger partial charge in [-0.25, -0.2) is 9.07 Å². The Kier molecular flexibility index (Phi) is 7.83. The number of carbonyl (C=O) groups is 1. The van der Waals surface area contributed by atoms with Crippen LogP contribution in [0.2, 0.25) is 0 Å². The zero-order valence-corrected chi connectivity index (χ0v) is 20.7. The lowest BCUT2D eigenvalue weighted by Gasteiger charge is -2.39. The van der Waals surface area contributed by atoms with Gasteiger partial charge < -0.3 is 9.80 Å². The van der Waals surface area contributed by atoms with E-state index in [-0.39, 0.29) is 17.8 Å². The van der Waals surface area contributed by atoms with Crippen molar-refractivity contribution < 1.29 is 9.18 Å². The van der Waals surface area contributed by atoms with E-state index in [4.69, 9.17) is 16.7 Å². The molecule has 1 saturated heterocycles. The molecule has 0 N–H and O–H groups in total. The summed E-state index contributed by atoms with van der Waals surface area (Å²) in [5, 5.41) is 4.19. The van der Waals surface area contributed by atoms with Crippen LogP contribution >= 0.6 is 11.6 Å². The zero-order chi connectivity index (χ0) is 23.6. The highest BCUT2D eigenvalue weighted by molar-refractivity contribution is 6.30. The van der Waals surface area contributed by atoms with Crippen molar-refractivity contribution in [2.75, 3.05) is 31.1 Å². The molecule has 2 heterocycles. The lowest BCUT2D eigenvalue weighted by molar-refractivity contribution is -0.132. The number of hydrogen-bond acceptors (Lipinski definition) is 4. The average Bonchev–Trinajstić information content (AvgIpc) is 3.07. The third-order valence-corrected chi connectivity index (χ3v) is 6.32. The van der Waals surface area contributed by atoms with E-state index >= 15 is 0 Å². The fourth-order valence-electron chi connectivity index (χ4n) is 4.21. The number of alkyl halides is 1. The number of anilines is 1. The monoisotopic (exact) mass is 463 g/mol. The number of aromatic nitrogens is 2. The van der Waals surface area contributed by atoms with Crippen molar-refractivity contribution in [3.63, 3.8) is 0 Å². The third-order valence-electron chi connectivity index (χ3n) is 6.13. The van der Waals surface area contributed by atoms with Crippen molar-refractivity contribution in [2.24, 2.45) is 0 Å². The number of piperazine rings is 1. The smallest absolute Gasteiger partial charge is 0.240 e. The molecule has 2 aromatic rings. The van der Waals surface area contributed by atoms with Crippen LogP contribution < -0.4 is 4.90 Å². The summed E-state index contributed by atoms with van der Waals surface area (Å²) in [6.07, 6.45) is 0. The highest BCUT2D eigenvalue weighted by Gasteiger charge is 2.30. The molecule has 1 amide bonds. The first kappa shape index (κ1) is 24.5. The van der Waals surface area contributed by atoms with Gasteiger partial charge in [0.15, 0.2) is 0 Å². The van der Waals surface area contributed by atoms with Crippen molar-refractivity contribution in [2.45, 2.75) is 65.5 Å². The van der Waals surface area contributed by atoms with Crippen LogP contribution in [0.1, 0.15) is 45.9 Å². The van der Waals surface area contributed by atoms with Gasteiger partial charge in [0.05, 0.1) is 17.9 Å². The Morgan fingerprint density at radius 3 is 2.34 bits per heavy atom. The number of carbonyl (C=O) groups excluding carboxylic acids is 1. The summed E-state index contributed by atoms with van der Waals surface area (Å²) in [6, 6.07) is 6.97. The Morgan fingerprint density at radius 1 is 1.16 bits per heavy atom. The molecule has 176 valence electrons. The molecule has 1 atom stereocenters. The Hall–Kier alpha value is -2.12. The van der Waals surface area contributed by atoms with Gasteiger partial charge in [-0.05, 0) is 59.7 Å². The Labute approximate surface area is 195 Å². The second-order valence-electron chi connectivity index (χ2n) is 9.07. The molecule has 6 nitrogen and oxygen atoms in total. The summed E-state index contributed by atoms with van der Waals surface area (Å²) < 4.78 is 15.9. The molecule has 0 aliphatic carbocycles. The van der Waals surface area contributed by atoms with E-state index in [1.807, 2.05) is 31.5 Å². The second kappa shape index (κ2) is 10.2. The van der Waals surface area contributed by atoms with Gasteiger partial charge in [-0.15, -0.1) is 11.6 Å². The van der Waals surface area contributed by atoms with Crippen molar-refractivity contribution in [3.05, 3.63) is 41.3 Å². The number of amides is 1. The molecule has 32 heavy (non-hydrogen) atoms. The van der Waals surface area contributed by atoms with E-state index in [1.54, 1.807) is 17.9 Å². The maximum absolute atomic E-state index is 14.1. The molecule has 0 bridgehead atoms. The van der Waals surface area contributed by atoms with E-state index in [0.29, 0.717) is 18.3 Å². The first-order chi connectivity index (χ1) is 15.1. The van der Waals surface area contributed by atoms with E-state index in [0.717, 1.165) is 43.3 Å². The lowest BCUT2D eigenvalue weighted by Crippen LogP contribution is -2.49. The number of rotatable bonds is 7. The average molecular weight is 464 g/mol. The molecule has 0 spiro atoms. The van der Waals surface area contributed by atoms with E-state index in [9.17, 15) is 9.18 Å². The molecule has 8 heteroatoms. The summed E-state index contributed by atoms with van der Waals surface area (Å²) in [5.74, 6) is 0.523. The van der Waals surface area contributed by atoms with Gasteiger partial charge in [0.2, 0.25) is 5.91 Å². The second-order valence-corrected chi connectivity index (χ2v) is 9.73. The third kappa shape index (κ3) is 5.26. The van der Waals surface area contributed by atoms with Gasteiger partial charge in [0.25, 0.3) is 0 Å². The predicted octanol–water partition coefficient (Wildman–Crippen LogP) is 4.21. The first-order valence-electron chi connectivity index (χ1n) is 11.4. The summed E-state index contributed by atoms with van der Waals surface area (Å²) in [7, 11) is 0. The van der Waals surface area contributed by atoms with Gasteiger partial charge in [-0.2, -0.15) is 5.10 Å². The number of nitrogens with zero attached hydrogens (tertiary/aromatic N) is 5. The molecule has 1 aliphatic rings. The normalized spacial score (nSPS) is 16.1. The summed E-state index contributed by atoms with van der Waals surface area (Å²) in [6.45, 7) is 16.0. The summed E-state index contributed by atoms with van der Waals surface area (Å²) >= 11 is 6.16. The first-order valence-corrected chi connectivity index (χ1v) is 11.8. The number of hydrogen-bond donors (Lipinski definition) is 0. The van der Waals surface area contributed by atoms with Crippen LogP contribution in [0.5, 0.6) is 0 Å². The molecular weight excluding hydrogens is 429 g/mol. The molecule has 0 saturated carbocycles. The molecule has 1 fully saturated rings. The molecule has 1 aromatic heterocycles. The molecule has 1 unspecified atom stereocenters. The van der Waals surface area contributed by atoms with Gasteiger partial charge in [-0.1, -0.05) is 6.07 Å².